The van der Waals surface area contributed by atoms with Crippen LogP contribution in [-0.4, -0.2) is 18.7 Å². The van der Waals surface area contributed by atoms with Gasteiger partial charge in [-0.15, -0.1) is 0 Å². The fraction of sp³-hybridized carbons (Fsp3) is 0.125. The maximum atomic E-state index is 11.7. The first-order valence-corrected chi connectivity index (χ1v) is 7.39. The maximum absolute atomic E-state index is 11.7. The lowest BCUT2D eigenvalue weighted by Gasteiger charge is -2.07. The highest BCUT2D eigenvalue weighted by atomic mass is 35.5. The normalized spacial score (nSPS) is 10.7. The molecule has 0 saturated carbocycles. The molecule has 2 aromatic rings. The van der Waals surface area contributed by atoms with E-state index >= 15 is 0 Å². The third-order valence-electron chi connectivity index (χ3n) is 2.96. The van der Waals surface area contributed by atoms with Gasteiger partial charge in [-0.25, -0.2) is 5.43 Å². The SMILES string of the molecule is Cc1ccccc1NCC(=O)NN=Cc1cccc(Cl)c1Cl. The fourth-order valence-corrected chi connectivity index (χ4v) is 2.14. The van der Waals surface area contributed by atoms with E-state index in [1.54, 1.807) is 18.2 Å². The molecule has 0 spiro atoms. The van der Waals surface area contributed by atoms with Crippen molar-refractivity contribution in [2.45, 2.75) is 6.92 Å². The lowest BCUT2D eigenvalue weighted by atomic mass is 10.2. The molecule has 0 unspecified atom stereocenters. The van der Waals surface area contributed by atoms with E-state index in [9.17, 15) is 4.79 Å². The van der Waals surface area contributed by atoms with Gasteiger partial charge in [-0.2, -0.15) is 5.10 Å². The Morgan fingerprint density at radius 3 is 2.73 bits per heavy atom. The first-order chi connectivity index (χ1) is 10.6. The number of hydrogen-bond donors (Lipinski definition) is 2. The molecular formula is C16H15Cl2N3O. The van der Waals surface area contributed by atoms with Gasteiger partial charge in [-0.1, -0.05) is 53.5 Å². The van der Waals surface area contributed by atoms with Gasteiger partial charge < -0.3 is 5.32 Å². The summed E-state index contributed by atoms with van der Waals surface area (Å²) in [6.45, 7) is 2.10. The molecule has 2 rings (SSSR count). The number of amides is 1. The van der Waals surface area contributed by atoms with E-state index in [1.807, 2.05) is 31.2 Å². The monoisotopic (exact) mass is 335 g/mol. The van der Waals surface area contributed by atoms with E-state index in [2.05, 4.69) is 15.8 Å². The number of anilines is 1. The summed E-state index contributed by atoms with van der Waals surface area (Å²) in [6.07, 6.45) is 1.46. The molecule has 2 aromatic carbocycles. The Bertz CT molecular complexity index is 702. The van der Waals surface area contributed by atoms with Crippen molar-refractivity contribution in [1.82, 2.24) is 5.43 Å². The summed E-state index contributed by atoms with van der Waals surface area (Å²) >= 11 is 11.9. The Morgan fingerprint density at radius 1 is 1.18 bits per heavy atom. The van der Waals surface area contributed by atoms with Crippen LogP contribution in [0, 0.1) is 6.92 Å². The minimum absolute atomic E-state index is 0.130. The molecule has 114 valence electrons. The molecule has 0 aromatic heterocycles. The molecule has 2 N–H and O–H groups in total. The highest BCUT2D eigenvalue weighted by molar-refractivity contribution is 6.43. The Labute approximate surface area is 139 Å². The van der Waals surface area contributed by atoms with Gasteiger partial charge in [0.2, 0.25) is 0 Å². The van der Waals surface area contributed by atoms with Gasteiger partial charge >= 0.3 is 0 Å². The quantitative estimate of drug-likeness (QED) is 0.643. The molecule has 0 atom stereocenters. The van der Waals surface area contributed by atoms with Crippen molar-refractivity contribution in [3.63, 3.8) is 0 Å². The van der Waals surface area contributed by atoms with Crippen LogP contribution in [0.3, 0.4) is 0 Å². The minimum Gasteiger partial charge on any atom is -0.376 e. The average Bonchev–Trinajstić information content (AvgIpc) is 2.51. The molecule has 0 saturated heterocycles. The van der Waals surface area contributed by atoms with E-state index in [-0.39, 0.29) is 12.5 Å². The zero-order valence-corrected chi connectivity index (χ0v) is 13.4. The second kappa shape index (κ2) is 7.82. The van der Waals surface area contributed by atoms with Crippen LogP contribution in [0.15, 0.2) is 47.6 Å². The molecule has 0 bridgehead atoms. The Kier molecular flexibility index (Phi) is 5.81. The molecule has 0 aliphatic carbocycles. The van der Waals surface area contributed by atoms with Gasteiger partial charge in [0.25, 0.3) is 5.91 Å². The van der Waals surface area contributed by atoms with E-state index in [1.165, 1.54) is 6.21 Å². The number of halogens is 2. The summed E-state index contributed by atoms with van der Waals surface area (Å²) in [6, 6.07) is 12.9. The predicted molar refractivity (Wildman–Crippen MR) is 91.9 cm³/mol. The number of rotatable bonds is 5. The summed E-state index contributed by atoms with van der Waals surface area (Å²) in [5, 5.41) is 7.77. The van der Waals surface area contributed by atoms with Crippen molar-refractivity contribution in [3.05, 3.63) is 63.6 Å². The molecule has 0 radical (unpaired) electrons. The Balaban J connectivity index is 1.86. The number of carbonyl (C=O) groups is 1. The summed E-state index contributed by atoms with van der Waals surface area (Å²) in [5.41, 5.74) is 5.06. The largest absolute Gasteiger partial charge is 0.376 e. The van der Waals surface area contributed by atoms with Crippen molar-refractivity contribution < 1.29 is 4.79 Å². The van der Waals surface area contributed by atoms with Crippen LogP contribution in [0.2, 0.25) is 10.0 Å². The minimum atomic E-state index is -0.252. The number of benzene rings is 2. The van der Waals surface area contributed by atoms with Crippen molar-refractivity contribution in [2.24, 2.45) is 5.10 Å². The number of nitrogens with zero attached hydrogens (tertiary/aromatic N) is 1. The number of aryl methyl sites for hydroxylation is 1. The summed E-state index contributed by atoms with van der Waals surface area (Å²) in [7, 11) is 0. The van der Waals surface area contributed by atoms with Gasteiger partial charge in [0.05, 0.1) is 22.8 Å². The van der Waals surface area contributed by atoms with Crippen LogP contribution in [0.1, 0.15) is 11.1 Å². The predicted octanol–water partition coefficient (Wildman–Crippen LogP) is 3.86. The summed E-state index contributed by atoms with van der Waals surface area (Å²) in [4.78, 5) is 11.7. The molecular weight excluding hydrogens is 321 g/mol. The van der Waals surface area contributed by atoms with Crippen molar-refractivity contribution in [2.75, 3.05) is 11.9 Å². The van der Waals surface area contributed by atoms with Crippen molar-refractivity contribution >= 4 is 41.0 Å². The number of para-hydroxylation sites is 1. The van der Waals surface area contributed by atoms with Crippen LogP contribution >= 0.6 is 23.2 Å². The van der Waals surface area contributed by atoms with Gasteiger partial charge in [0, 0.05) is 11.3 Å². The second-order valence-corrected chi connectivity index (χ2v) is 5.39. The summed E-state index contributed by atoms with van der Waals surface area (Å²) in [5.74, 6) is -0.252. The van der Waals surface area contributed by atoms with Gasteiger partial charge in [0.1, 0.15) is 0 Å². The van der Waals surface area contributed by atoms with Gasteiger partial charge in [-0.05, 0) is 24.6 Å². The molecule has 0 fully saturated rings. The van der Waals surface area contributed by atoms with Crippen LogP contribution < -0.4 is 10.7 Å². The van der Waals surface area contributed by atoms with E-state index in [0.29, 0.717) is 15.6 Å². The first kappa shape index (κ1) is 16.3. The van der Waals surface area contributed by atoms with E-state index in [0.717, 1.165) is 11.3 Å². The smallest absolute Gasteiger partial charge is 0.259 e. The molecule has 0 heterocycles. The van der Waals surface area contributed by atoms with Crippen molar-refractivity contribution in [1.29, 1.82) is 0 Å². The maximum Gasteiger partial charge on any atom is 0.259 e. The lowest BCUT2D eigenvalue weighted by molar-refractivity contribution is -0.119. The molecule has 0 aliphatic rings. The van der Waals surface area contributed by atoms with Gasteiger partial charge in [0.15, 0.2) is 0 Å². The van der Waals surface area contributed by atoms with E-state index < -0.39 is 0 Å². The number of hydrazone groups is 1. The number of carbonyl (C=O) groups excluding carboxylic acids is 1. The summed E-state index contributed by atoms with van der Waals surface area (Å²) < 4.78 is 0. The highest BCUT2D eigenvalue weighted by Crippen LogP contribution is 2.24. The fourth-order valence-electron chi connectivity index (χ4n) is 1.78. The first-order valence-electron chi connectivity index (χ1n) is 6.63. The van der Waals surface area contributed by atoms with Crippen LogP contribution in [0.25, 0.3) is 0 Å². The average molecular weight is 336 g/mol. The van der Waals surface area contributed by atoms with Gasteiger partial charge in [-0.3, -0.25) is 4.79 Å². The third kappa shape index (κ3) is 4.48. The Morgan fingerprint density at radius 2 is 1.95 bits per heavy atom. The molecule has 4 nitrogen and oxygen atoms in total. The zero-order chi connectivity index (χ0) is 15.9. The Hall–Kier alpha value is -2.04. The molecule has 6 heteroatoms. The molecule has 1 amide bonds. The standard InChI is InChI=1S/C16H15Cl2N3O/c1-11-5-2-3-8-14(11)19-10-15(22)21-20-9-12-6-4-7-13(17)16(12)18/h2-9,19H,10H2,1H3,(H,21,22). The highest BCUT2D eigenvalue weighted by Gasteiger charge is 2.03. The molecule has 22 heavy (non-hydrogen) atoms. The van der Waals surface area contributed by atoms with Crippen LogP contribution in [0.4, 0.5) is 5.69 Å². The van der Waals surface area contributed by atoms with Crippen LogP contribution in [-0.2, 0) is 4.79 Å². The topological polar surface area (TPSA) is 53.5 Å². The lowest BCUT2D eigenvalue weighted by Crippen LogP contribution is -2.26. The number of nitrogens with one attached hydrogen (secondary N) is 2. The zero-order valence-electron chi connectivity index (χ0n) is 11.9. The molecule has 0 aliphatic heterocycles. The third-order valence-corrected chi connectivity index (χ3v) is 3.79. The second-order valence-electron chi connectivity index (χ2n) is 4.60. The van der Waals surface area contributed by atoms with Crippen molar-refractivity contribution in [3.8, 4) is 0 Å². The number of hydrogen-bond acceptors (Lipinski definition) is 3. The van der Waals surface area contributed by atoms with E-state index in [4.69, 9.17) is 23.2 Å². The van der Waals surface area contributed by atoms with Crippen LogP contribution in [0.5, 0.6) is 0 Å².